The summed E-state index contributed by atoms with van der Waals surface area (Å²) in [6, 6.07) is 5.88. The molecule has 2 fully saturated rings. The van der Waals surface area contributed by atoms with Crippen molar-refractivity contribution in [1.29, 1.82) is 0 Å². The monoisotopic (exact) mass is 324 g/mol. The summed E-state index contributed by atoms with van der Waals surface area (Å²) in [5.74, 6) is 1.50. The van der Waals surface area contributed by atoms with Gasteiger partial charge >= 0.3 is 0 Å². The highest BCUT2D eigenvalue weighted by Crippen LogP contribution is 2.30. The van der Waals surface area contributed by atoms with Gasteiger partial charge in [-0.1, -0.05) is 0 Å². The van der Waals surface area contributed by atoms with Crippen molar-refractivity contribution in [3.8, 4) is 5.75 Å². The second-order valence-electron chi connectivity index (χ2n) is 5.12. The van der Waals surface area contributed by atoms with Crippen LogP contribution in [0.2, 0.25) is 0 Å². The van der Waals surface area contributed by atoms with E-state index in [1.807, 2.05) is 23.1 Å². The molecule has 0 bridgehead atoms. The van der Waals surface area contributed by atoms with E-state index in [1.54, 1.807) is 7.11 Å². The Labute approximate surface area is 121 Å². The van der Waals surface area contributed by atoms with E-state index in [-0.39, 0.29) is 5.91 Å². The lowest BCUT2D eigenvalue weighted by atomic mass is 10.0. The van der Waals surface area contributed by atoms with Crippen LogP contribution in [0.4, 0.5) is 0 Å². The Kier molecular flexibility index (Phi) is 3.50. The number of nitrogens with zero attached hydrogens (tertiary/aromatic N) is 1. The molecular formula is C14H17BrN2O2. The Morgan fingerprint density at radius 3 is 3.05 bits per heavy atom. The van der Waals surface area contributed by atoms with Crippen LogP contribution in [0.25, 0.3) is 0 Å². The Balaban J connectivity index is 1.82. The molecule has 5 heteroatoms. The van der Waals surface area contributed by atoms with Crippen LogP contribution >= 0.6 is 15.9 Å². The van der Waals surface area contributed by atoms with Gasteiger partial charge in [-0.15, -0.1) is 0 Å². The van der Waals surface area contributed by atoms with Crippen LogP contribution in [-0.4, -0.2) is 43.6 Å². The maximum Gasteiger partial charge on any atom is 0.254 e. The fraction of sp³-hybridized carbons (Fsp3) is 0.500. The summed E-state index contributed by atoms with van der Waals surface area (Å²) >= 11 is 3.43. The third-order valence-corrected chi connectivity index (χ3v) is 4.72. The molecule has 2 saturated heterocycles. The number of rotatable bonds is 2. The molecule has 19 heavy (non-hydrogen) atoms. The Bertz CT molecular complexity index is 506. The number of hydrogen-bond acceptors (Lipinski definition) is 3. The number of benzene rings is 1. The molecular weight excluding hydrogens is 308 g/mol. The maximum absolute atomic E-state index is 12.6. The molecule has 2 atom stereocenters. The number of ether oxygens (including phenoxy) is 1. The summed E-state index contributed by atoms with van der Waals surface area (Å²) in [7, 11) is 1.62. The highest BCUT2D eigenvalue weighted by molar-refractivity contribution is 9.10. The lowest BCUT2D eigenvalue weighted by Gasteiger charge is -2.23. The zero-order valence-electron chi connectivity index (χ0n) is 10.9. The number of methoxy groups -OCH3 is 1. The highest BCUT2D eigenvalue weighted by Gasteiger charge is 2.40. The molecule has 0 spiro atoms. The van der Waals surface area contributed by atoms with Crippen molar-refractivity contribution in [3.63, 3.8) is 0 Å². The van der Waals surface area contributed by atoms with Gasteiger partial charge in [0, 0.05) is 31.2 Å². The van der Waals surface area contributed by atoms with Crippen LogP contribution < -0.4 is 10.1 Å². The van der Waals surface area contributed by atoms with E-state index < -0.39 is 0 Å². The summed E-state index contributed by atoms with van der Waals surface area (Å²) in [5, 5.41) is 3.37. The smallest absolute Gasteiger partial charge is 0.254 e. The zero-order valence-corrected chi connectivity index (χ0v) is 12.4. The van der Waals surface area contributed by atoms with Gasteiger partial charge in [-0.3, -0.25) is 4.79 Å². The van der Waals surface area contributed by atoms with Gasteiger partial charge in [0.25, 0.3) is 5.91 Å². The fourth-order valence-corrected chi connectivity index (χ4v) is 3.61. The van der Waals surface area contributed by atoms with E-state index in [0.29, 0.717) is 12.0 Å². The lowest BCUT2D eigenvalue weighted by Crippen LogP contribution is -2.39. The van der Waals surface area contributed by atoms with Crippen molar-refractivity contribution < 1.29 is 9.53 Å². The number of fused-ring (bicyclic) bond motifs is 1. The quantitative estimate of drug-likeness (QED) is 0.903. The predicted molar refractivity (Wildman–Crippen MR) is 76.5 cm³/mol. The summed E-state index contributed by atoms with van der Waals surface area (Å²) in [6.45, 7) is 2.84. The first kappa shape index (κ1) is 12.9. The molecule has 2 aliphatic heterocycles. The van der Waals surface area contributed by atoms with Gasteiger partial charge in [0.05, 0.1) is 11.6 Å². The first-order valence-corrected chi connectivity index (χ1v) is 7.35. The Morgan fingerprint density at radius 1 is 1.47 bits per heavy atom. The normalized spacial score (nSPS) is 25.5. The van der Waals surface area contributed by atoms with E-state index >= 15 is 0 Å². The topological polar surface area (TPSA) is 41.6 Å². The molecule has 0 aliphatic carbocycles. The number of carbonyl (C=O) groups is 1. The molecule has 0 saturated carbocycles. The second kappa shape index (κ2) is 5.13. The van der Waals surface area contributed by atoms with Gasteiger partial charge < -0.3 is 15.0 Å². The molecule has 102 valence electrons. The number of nitrogens with one attached hydrogen (secondary N) is 1. The summed E-state index contributed by atoms with van der Waals surface area (Å²) in [4.78, 5) is 14.6. The minimum Gasteiger partial charge on any atom is -0.496 e. The molecule has 1 N–H and O–H groups in total. The molecule has 1 aromatic rings. The minimum absolute atomic E-state index is 0.125. The van der Waals surface area contributed by atoms with Crippen LogP contribution in [-0.2, 0) is 0 Å². The number of halogens is 1. The Morgan fingerprint density at radius 2 is 2.32 bits per heavy atom. The molecule has 1 aromatic carbocycles. The summed E-state index contributed by atoms with van der Waals surface area (Å²) in [6.07, 6.45) is 1.11. The van der Waals surface area contributed by atoms with Crippen LogP contribution in [0.5, 0.6) is 5.75 Å². The predicted octanol–water partition coefficient (Wildman–Crippen LogP) is 1.89. The van der Waals surface area contributed by atoms with Gasteiger partial charge in [-0.2, -0.15) is 0 Å². The van der Waals surface area contributed by atoms with Crippen molar-refractivity contribution >= 4 is 21.8 Å². The molecule has 0 unspecified atom stereocenters. The third kappa shape index (κ3) is 2.25. The molecule has 2 aliphatic rings. The molecule has 4 nitrogen and oxygen atoms in total. The van der Waals surface area contributed by atoms with Gasteiger partial charge in [-0.25, -0.2) is 0 Å². The molecule has 2 heterocycles. The largest absolute Gasteiger partial charge is 0.496 e. The van der Waals surface area contributed by atoms with Crippen LogP contribution in [0.3, 0.4) is 0 Å². The van der Waals surface area contributed by atoms with Crippen molar-refractivity contribution in [2.45, 2.75) is 12.5 Å². The summed E-state index contributed by atoms with van der Waals surface area (Å²) in [5.41, 5.74) is 0.722. The third-order valence-electron chi connectivity index (χ3n) is 4.10. The first-order chi connectivity index (χ1) is 9.20. The molecule has 3 rings (SSSR count). The first-order valence-electron chi connectivity index (χ1n) is 6.56. The molecule has 0 aromatic heterocycles. The van der Waals surface area contributed by atoms with E-state index in [4.69, 9.17) is 4.74 Å². The average molecular weight is 325 g/mol. The van der Waals surface area contributed by atoms with Gasteiger partial charge in [0.15, 0.2) is 0 Å². The number of amides is 1. The van der Waals surface area contributed by atoms with Crippen molar-refractivity contribution in [2.75, 3.05) is 26.7 Å². The van der Waals surface area contributed by atoms with E-state index in [2.05, 4.69) is 21.2 Å². The number of carbonyl (C=O) groups excluding carboxylic acids is 1. The molecule has 0 radical (unpaired) electrons. The maximum atomic E-state index is 12.6. The standard InChI is InChI=1S/C14H17BrN2O2/c1-19-13-3-2-9(6-11(13)15)14(18)17-5-4-10-7-16-8-12(10)17/h2-3,6,10,12,16H,4-5,7-8H2,1H3/t10-,12+/m0/s1. The van der Waals surface area contributed by atoms with Crippen molar-refractivity contribution in [2.24, 2.45) is 5.92 Å². The number of hydrogen-bond donors (Lipinski definition) is 1. The number of likely N-dealkylation sites (tertiary alicyclic amines) is 1. The van der Waals surface area contributed by atoms with Crippen molar-refractivity contribution in [1.82, 2.24) is 10.2 Å². The van der Waals surface area contributed by atoms with Gasteiger partial charge in [-0.05, 0) is 46.5 Å². The van der Waals surface area contributed by atoms with Gasteiger partial charge in [0.1, 0.15) is 5.75 Å². The Hall–Kier alpha value is -1.07. The van der Waals surface area contributed by atoms with E-state index in [9.17, 15) is 4.79 Å². The zero-order chi connectivity index (χ0) is 13.4. The second-order valence-corrected chi connectivity index (χ2v) is 5.98. The summed E-state index contributed by atoms with van der Waals surface area (Å²) < 4.78 is 6.01. The van der Waals surface area contributed by atoms with Crippen LogP contribution in [0.1, 0.15) is 16.8 Å². The van der Waals surface area contributed by atoms with E-state index in [0.717, 1.165) is 41.8 Å². The van der Waals surface area contributed by atoms with Crippen LogP contribution in [0, 0.1) is 5.92 Å². The lowest BCUT2D eigenvalue weighted by molar-refractivity contribution is 0.0737. The van der Waals surface area contributed by atoms with Gasteiger partial charge in [0.2, 0.25) is 0 Å². The van der Waals surface area contributed by atoms with Crippen molar-refractivity contribution in [3.05, 3.63) is 28.2 Å². The molecule has 1 amide bonds. The highest BCUT2D eigenvalue weighted by atomic mass is 79.9. The van der Waals surface area contributed by atoms with Crippen LogP contribution in [0.15, 0.2) is 22.7 Å². The average Bonchev–Trinajstić information content (AvgIpc) is 3.00. The fourth-order valence-electron chi connectivity index (χ4n) is 3.07. The van der Waals surface area contributed by atoms with E-state index in [1.165, 1.54) is 0 Å². The minimum atomic E-state index is 0.125. The SMILES string of the molecule is COc1ccc(C(=O)N2CC[C@H]3CNC[C@H]32)cc1Br.